The van der Waals surface area contributed by atoms with E-state index in [1.165, 1.54) is 23.0 Å². The molecule has 3 rings (SSSR count). The van der Waals surface area contributed by atoms with Crippen molar-refractivity contribution >= 4 is 24.3 Å². The second kappa shape index (κ2) is 9.27. The highest BCUT2D eigenvalue weighted by atomic mass is 35.5. The first kappa shape index (κ1) is 22.4. The van der Waals surface area contributed by atoms with E-state index in [4.69, 9.17) is 17.3 Å². The molecule has 0 aliphatic heterocycles. The summed E-state index contributed by atoms with van der Waals surface area (Å²) in [6, 6.07) is 6.85. The lowest BCUT2D eigenvalue weighted by Crippen LogP contribution is -2.37. The molecule has 7 nitrogen and oxygen atoms in total. The van der Waals surface area contributed by atoms with Crippen LogP contribution in [0.25, 0.3) is 5.69 Å². The van der Waals surface area contributed by atoms with E-state index in [1.54, 1.807) is 6.92 Å². The zero-order valence-electron chi connectivity index (χ0n) is 16.3. The standard InChI is InChI=1S/C20H18ClF3N6O/c1-12(18-8-30(29-28-18)19-5-2-13(21)6-17(19)24)20(31,9-26-11-27-10-25)15-4-3-14(22)7-16(15)23/h2-8,10-12,31H,9H2,1H3,(H2,25,26,27)/t12-,20+/m0/s1. The van der Waals surface area contributed by atoms with Gasteiger partial charge in [0.15, 0.2) is 0 Å². The summed E-state index contributed by atoms with van der Waals surface area (Å²) in [5, 5.41) is 19.5. The Hall–Kier alpha value is -3.24. The van der Waals surface area contributed by atoms with Crippen LogP contribution in [0.5, 0.6) is 0 Å². The van der Waals surface area contributed by atoms with Crippen LogP contribution in [0.2, 0.25) is 5.02 Å². The zero-order valence-corrected chi connectivity index (χ0v) is 17.0. The van der Waals surface area contributed by atoms with Gasteiger partial charge in [0.05, 0.1) is 24.8 Å². The van der Waals surface area contributed by atoms with Gasteiger partial charge in [0, 0.05) is 22.6 Å². The molecule has 2 aromatic carbocycles. The molecule has 0 radical (unpaired) electrons. The summed E-state index contributed by atoms with van der Waals surface area (Å²) in [4.78, 5) is 7.57. The molecule has 0 amide bonds. The van der Waals surface area contributed by atoms with Crippen molar-refractivity contribution in [1.29, 1.82) is 0 Å². The fourth-order valence-corrected chi connectivity index (χ4v) is 3.22. The number of hydrogen-bond acceptors (Lipinski definition) is 4. The molecule has 0 aliphatic rings. The Morgan fingerprint density at radius 2 is 2.00 bits per heavy atom. The number of benzene rings is 2. The average molecular weight is 451 g/mol. The van der Waals surface area contributed by atoms with Gasteiger partial charge in [-0.05, 0) is 24.3 Å². The molecule has 0 saturated heterocycles. The molecule has 162 valence electrons. The van der Waals surface area contributed by atoms with Crippen molar-refractivity contribution in [2.75, 3.05) is 6.54 Å². The van der Waals surface area contributed by atoms with Crippen molar-refractivity contribution < 1.29 is 18.3 Å². The summed E-state index contributed by atoms with van der Waals surface area (Å²) < 4.78 is 43.4. The van der Waals surface area contributed by atoms with Gasteiger partial charge < -0.3 is 10.8 Å². The summed E-state index contributed by atoms with van der Waals surface area (Å²) in [6.07, 6.45) is 3.49. The largest absolute Gasteiger partial charge is 0.390 e. The topological polar surface area (TPSA) is 102 Å². The van der Waals surface area contributed by atoms with Crippen LogP contribution in [0.3, 0.4) is 0 Å². The third-order valence-electron chi connectivity index (χ3n) is 4.79. The summed E-state index contributed by atoms with van der Waals surface area (Å²) in [7, 11) is 0. The van der Waals surface area contributed by atoms with E-state index in [0.29, 0.717) is 6.07 Å². The first-order valence-corrected chi connectivity index (χ1v) is 9.41. The second-order valence-electron chi connectivity index (χ2n) is 6.71. The fraction of sp³-hybridized carbons (Fsp3) is 0.200. The van der Waals surface area contributed by atoms with Gasteiger partial charge in [-0.25, -0.2) is 22.8 Å². The number of halogens is 4. The number of nitrogens with zero attached hydrogens (tertiary/aromatic N) is 5. The van der Waals surface area contributed by atoms with Crippen molar-refractivity contribution in [2.45, 2.75) is 18.4 Å². The smallest absolute Gasteiger partial charge is 0.150 e. The van der Waals surface area contributed by atoms with Crippen LogP contribution in [0.1, 0.15) is 24.1 Å². The minimum atomic E-state index is -1.95. The van der Waals surface area contributed by atoms with Gasteiger partial charge in [0.2, 0.25) is 0 Å². The van der Waals surface area contributed by atoms with E-state index in [-0.39, 0.29) is 28.5 Å². The van der Waals surface area contributed by atoms with Gasteiger partial charge in [0.25, 0.3) is 0 Å². The number of aromatic nitrogens is 3. The van der Waals surface area contributed by atoms with Crippen LogP contribution in [0.4, 0.5) is 13.2 Å². The molecule has 0 bridgehead atoms. The monoisotopic (exact) mass is 450 g/mol. The molecular weight excluding hydrogens is 433 g/mol. The Morgan fingerprint density at radius 1 is 1.23 bits per heavy atom. The Balaban J connectivity index is 2.02. The van der Waals surface area contributed by atoms with Crippen molar-refractivity contribution in [3.63, 3.8) is 0 Å². The summed E-state index contributed by atoms with van der Waals surface area (Å²) in [5.41, 5.74) is 3.32. The maximum atomic E-state index is 14.6. The van der Waals surface area contributed by atoms with Gasteiger partial charge in [-0.3, -0.25) is 4.99 Å². The molecule has 0 saturated carbocycles. The van der Waals surface area contributed by atoms with Crippen LogP contribution in [0, 0.1) is 17.5 Å². The molecular formula is C20H18ClF3N6O. The quantitative estimate of drug-likeness (QED) is 0.425. The molecule has 1 aromatic heterocycles. The molecule has 0 fully saturated rings. The fourth-order valence-electron chi connectivity index (χ4n) is 3.07. The van der Waals surface area contributed by atoms with E-state index in [2.05, 4.69) is 20.3 Å². The highest BCUT2D eigenvalue weighted by Crippen LogP contribution is 2.38. The average Bonchev–Trinajstić information content (AvgIpc) is 3.20. The third kappa shape index (κ3) is 4.75. The molecule has 0 unspecified atom stereocenters. The van der Waals surface area contributed by atoms with Gasteiger partial charge in [-0.15, -0.1) is 5.10 Å². The van der Waals surface area contributed by atoms with Crippen LogP contribution in [-0.4, -0.2) is 39.3 Å². The lowest BCUT2D eigenvalue weighted by Gasteiger charge is -2.32. The number of nitrogens with two attached hydrogens (primary N) is 1. The number of aliphatic hydroxyl groups is 1. The normalized spacial score (nSPS) is 14.9. The van der Waals surface area contributed by atoms with Crippen molar-refractivity contribution in [3.05, 3.63) is 76.3 Å². The Bertz CT molecular complexity index is 1140. The molecule has 11 heteroatoms. The van der Waals surface area contributed by atoms with Crippen LogP contribution < -0.4 is 5.73 Å². The van der Waals surface area contributed by atoms with E-state index in [0.717, 1.165) is 30.9 Å². The summed E-state index contributed by atoms with van der Waals surface area (Å²) >= 11 is 5.77. The SMILES string of the molecule is C[C@@H](c1cn(-c2ccc(Cl)cc2F)nn1)[C@](O)(CN=CN=CN)c1ccc(F)cc1F. The van der Waals surface area contributed by atoms with Crippen molar-refractivity contribution in [1.82, 2.24) is 15.0 Å². The maximum Gasteiger partial charge on any atom is 0.150 e. The molecule has 1 heterocycles. The van der Waals surface area contributed by atoms with Crippen LogP contribution >= 0.6 is 11.6 Å². The van der Waals surface area contributed by atoms with Crippen LogP contribution in [0.15, 0.2) is 52.6 Å². The third-order valence-corrected chi connectivity index (χ3v) is 5.03. The number of hydrogen-bond donors (Lipinski definition) is 2. The number of rotatable bonds is 7. The molecule has 31 heavy (non-hydrogen) atoms. The van der Waals surface area contributed by atoms with Gasteiger partial charge in [0.1, 0.15) is 35.1 Å². The molecule has 3 aromatic rings. The number of aliphatic imine (C=N–C) groups is 2. The minimum absolute atomic E-state index is 0.0853. The Kier molecular flexibility index (Phi) is 6.71. The lowest BCUT2D eigenvalue weighted by molar-refractivity contribution is 0.0175. The zero-order chi connectivity index (χ0) is 22.6. The highest BCUT2D eigenvalue weighted by molar-refractivity contribution is 6.30. The predicted octanol–water partition coefficient (Wildman–Crippen LogP) is 3.34. The van der Waals surface area contributed by atoms with Gasteiger partial charge >= 0.3 is 0 Å². The molecule has 2 atom stereocenters. The Labute approximate surface area is 180 Å². The highest BCUT2D eigenvalue weighted by Gasteiger charge is 2.40. The van der Waals surface area contributed by atoms with E-state index in [1.807, 2.05) is 0 Å². The molecule has 0 spiro atoms. The van der Waals surface area contributed by atoms with Crippen molar-refractivity contribution in [3.8, 4) is 5.69 Å². The van der Waals surface area contributed by atoms with E-state index < -0.39 is 29.0 Å². The first-order chi connectivity index (χ1) is 14.8. The van der Waals surface area contributed by atoms with E-state index in [9.17, 15) is 18.3 Å². The van der Waals surface area contributed by atoms with Gasteiger partial charge in [-0.1, -0.05) is 29.8 Å². The van der Waals surface area contributed by atoms with Crippen molar-refractivity contribution in [2.24, 2.45) is 15.7 Å². The molecule has 0 aliphatic carbocycles. The van der Waals surface area contributed by atoms with E-state index >= 15 is 0 Å². The first-order valence-electron chi connectivity index (χ1n) is 9.03. The molecule has 3 N–H and O–H groups in total. The summed E-state index contributed by atoms with van der Waals surface area (Å²) in [6.45, 7) is 1.23. The van der Waals surface area contributed by atoms with Crippen LogP contribution in [-0.2, 0) is 5.60 Å². The predicted molar refractivity (Wildman–Crippen MR) is 111 cm³/mol. The summed E-state index contributed by atoms with van der Waals surface area (Å²) in [5.74, 6) is -3.25. The minimum Gasteiger partial charge on any atom is -0.390 e. The second-order valence-corrected chi connectivity index (χ2v) is 7.14. The Morgan fingerprint density at radius 3 is 2.68 bits per heavy atom. The van der Waals surface area contributed by atoms with Gasteiger partial charge in [-0.2, -0.15) is 0 Å². The lowest BCUT2D eigenvalue weighted by atomic mass is 9.80. The maximum absolute atomic E-state index is 14.6.